The summed E-state index contributed by atoms with van der Waals surface area (Å²) in [6, 6.07) is 10.1. The van der Waals surface area contributed by atoms with E-state index in [-0.39, 0.29) is 18.6 Å². The standard InChI is InChI=1S/C14H20N2O2/c1-18-9-13(15)14(17)16-12-7-11(8-12)10-5-3-2-4-6-10/h2-6,11-13H,7-9,15H2,1H3,(H,16,17). The van der Waals surface area contributed by atoms with Gasteiger partial charge in [0.25, 0.3) is 0 Å². The average molecular weight is 248 g/mol. The smallest absolute Gasteiger partial charge is 0.239 e. The van der Waals surface area contributed by atoms with Crippen molar-refractivity contribution in [2.24, 2.45) is 5.73 Å². The zero-order chi connectivity index (χ0) is 13.0. The lowest BCUT2D eigenvalue weighted by Crippen LogP contribution is -2.51. The summed E-state index contributed by atoms with van der Waals surface area (Å²) in [5.41, 5.74) is 7.01. The van der Waals surface area contributed by atoms with Gasteiger partial charge in [-0.1, -0.05) is 30.3 Å². The number of benzene rings is 1. The molecule has 1 fully saturated rings. The second kappa shape index (κ2) is 5.98. The Hall–Kier alpha value is -1.39. The molecule has 0 saturated heterocycles. The molecule has 2 rings (SSSR count). The van der Waals surface area contributed by atoms with Crippen LogP contribution in [0.2, 0.25) is 0 Å². The second-order valence-corrected chi connectivity index (χ2v) is 4.85. The Morgan fingerprint density at radius 2 is 2.11 bits per heavy atom. The van der Waals surface area contributed by atoms with E-state index in [1.165, 1.54) is 5.56 Å². The largest absolute Gasteiger partial charge is 0.383 e. The number of carbonyl (C=O) groups is 1. The molecule has 18 heavy (non-hydrogen) atoms. The van der Waals surface area contributed by atoms with Crippen LogP contribution in [0.25, 0.3) is 0 Å². The van der Waals surface area contributed by atoms with Crippen molar-refractivity contribution in [1.29, 1.82) is 0 Å². The van der Waals surface area contributed by atoms with Crippen molar-refractivity contribution < 1.29 is 9.53 Å². The molecule has 0 aliphatic heterocycles. The lowest BCUT2D eigenvalue weighted by Gasteiger charge is -2.36. The van der Waals surface area contributed by atoms with Crippen LogP contribution in [0.1, 0.15) is 24.3 Å². The minimum atomic E-state index is -0.564. The number of carbonyl (C=O) groups excluding carboxylic acids is 1. The Kier molecular flexibility index (Phi) is 4.33. The van der Waals surface area contributed by atoms with E-state index in [2.05, 4.69) is 29.6 Å². The molecule has 1 aliphatic rings. The molecule has 1 atom stereocenters. The summed E-state index contributed by atoms with van der Waals surface area (Å²) in [4.78, 5) is 11.7. The number of nitrogens with one attached hydrogen (secondary N) is 1. The number of hydrogen-bond acceptors (Lipinski definition) is 3. The molecule has 1 saturated carbocycles. The first-order valence-electron chi connectivity index (χ1n) is 6.30. The molecule has 4 heteroatoms. The molecule has 0 radical (unpaired) electrons. The van der Waals surface area contributed by atoms with Gasteiger partial charge in [-0.3, -0.25) is 4.79 Å². The van der Waals surface area contributed by atoms with Crippen molar-refractivity contribution in [3.8, 4) is 0 Å². The fraction of sp³-hybridized carbons (Fsp3) is 0.500. The number of hydrogen-bond donors (Lipinski definition) is 2. The number of methoxy groups -OCH3 is 1. The van der Waals surface area contributed by atoms with E-state index in [9.17, 15) is 4.79 Å². The predicted molar refractivity (Wildman–Crippen MR) is 70.2 cm³/mol. The SMILES string of the molecule is COCC(N)C(=O)NC1CC(c2ccccc2)C1. The van der Waals surface area contributed by atoms with Gasteiger partial charge in [0.05, 0.1) is 6.61 Å². The highest BCUT2D eigenvalue weighted by Crippen LogP contribution is 2.36. The fourth-order valence-electron chi connectivity index (χ4n) is 2.30. The molecule has 0 heterocycles. The van der Waals surface area contributed by atoms with Gasteiger partial charge in [-0.25, -0.2) is 0 Å². The van der Waals surface area contributed by atoms with Crippen molar-refractivity contribution >= 4 is 5.91 Å². The number of amides is 1. The van der Waals surface area contributed by atoms with Crippen LogP contribution >= 0.6 is 0 Å². The highest BCUT2D eigenvalue weighted by molar-refractivity contribution is 5.82. The first-order chi connectivity index (χ1) is 8.70. The lowest BCUT2D eigenvalue weighted by molar-refractivity contribution is -0.124. The van der Waals surface area contributed by atoms with Crippen LogP contribution in [-0.2, 0) is 9.53 Å². The molecule has 0 bridgehead atoms. The van der Waals surface area contributed by atoms with Crippen molar-refractivity contribution in [2.45, 2.75) is 30.8 Å². The molecule has 4 nitrogen and oxygen atoms in total. The van der Waals surface area contributed by atoms with Gasteiger partial charge in [0.15, 0.2) is 0 Å². The monoisotopic (exact) mass is 248 g/mol. The first-order valence-corrected chi connectivity index (χ1v) is 6.30. The molecular weight excluding hydrogens is 228 g/mol. The van der Waals surface area contributed by atoms with Crippen LogP contribution in [0.4, 0.5) is 0 Å². The van der Waals surface area contributed by atoms with Crippen LogP contribution in [-0.4, -0.2) is 31.7 Å². The molecule has 0 spiro atoms. The van der Waals surface area contributed by atoms with Crippen molar-refractivity contribution in [2.75, 3.05) is 13.7 Å². The number of nitrogens with two attached hydrogens (primary N) is 1. The van der Waals surface area contributed by atoms with Gasteiger partial charge in [0.1, 0.15) is 6.04 Å². The van der Waals surface area contributed by atoms with E-state index < -0.39 is 6.04 Å². The van der Waals surface area contributed by atoms with Crippen molar-refractivity contribution in [1.82, 2.24) is 5.32 Å². The summed E-state index contributed by atoms with van der Waals surface area (Å²) in [5, 5.41) is 2.96. The molecule has 98 valence electrons. The molecule has 1 unspecified atom stereocenters. The highest BCUT2D eigenvalue weighted by atomic mass is 16.5. The van der Waals surface area contributed by atoms with E-state index in [0.29, 0.717) is 5.92 Å². The minimum Gasteiger partial charge on any atom is -0.383 e. The molecule has 1 aromatic rings. The normalized spacial score (nSPS) is 24.1. The maximum absolute atomic E-state index is 11.7. The third-order valence-electron chi connectivity index (χ3n) is 3.44. The molecular formula is C14H20N2O2. The lowest BCUT2D eigenvalue weighted by atomic mass is 9.76. The van der Waals surface area contributed by atoms with Gasteiger partial charge in [0, 0.05) is 13.2 Å². The maximum Gasteiger partial charge on any atom is 0.239 e. The Morgan fingerprint density at radius 3 is 2.72 bits per heavy atom. The van der Waals surface area contributed by atoms with Gasteiger partial charge in [-0.15, -0.1) is 0 Å². The topological polar surface area (TPSA) is 64.3 Å². The molecule has 1 amide bonds. The third kappa shape index (κ3) is 3.09. The summed E-state index contributed by atoms with van der Waals surface area (Å²) < 4.78 is 4.86. The van der Waals surface area contributed by atoms with Crippen LogP contribution in [0.15, 0.2) is 30.3 Å². The average Bonchev–Trinajstić information content (AvgIpc) is 2.34. The van der Waals surface area contributed by atoms with Gasteiger partial charge >= 0.3 is 0 Å². The molecule has 0 aromatic heterocycles. The fourth-order valence-corrected chi connectivity index (χ4v) is 2.30. The van der Waals surface area contributed by atoms with Crippen molar-refractivity contribution in [3.05, 3.63) is 35.9 Å². The first kappa shape index (κ1) is 13.1. The van der Waals surface area contributed by atoms with Crippen LogP contribution < -0.4 is 11.1 Å². The number of rotatable bonds is 5. The Bertz CT molecular complexity index is 388. The third-order valence-corrected chi connectivity index (χ3v) is 3.44. The minimum absolute atomic E-state index is 0.117. The quantitative estimate of drug-likeness (QED) is 0.817. The van der Waals surface area contributed by atoms with Gasteiger partial charge in [-0.05, 0) is 24.3 Å². The summed E-state index contributed by atoms with van der Waals surface area (Å²) in [6.45, 7) is 0.265. The van der Waals surface area contributed by atoms with E-state index in [1.807, 2.05) is 6.07 Å². The van der Waals surface area contributed by atoms with Crippen LogP contribution in [0.3, 0.4) is 0 Å². The molecule has 3 N–H and O–H groups in total. The van der Waals surface area contributed by atoms with Gasteiger partial charge < -0.3 is 15.8 Å². The Balaban J connectivity index is 1.75. The van der Waals surface area contributed by atoms with E-state index in [0.717, 1.165) is 12.8 Å². The summed E-state index contributed by atoms with van der Waals surface area (Å²) in [7, 11) is 1.54. The van der Waals surface area contributed by atoms with E-state index in [4.69, 9.17) is 10.5 Å². The van der Waals surface area contributed by atoms with E-state index in [1.54, 1.807) is 7.11 Å². The molecule has 1 aliphatic carbocycles. The van der Waals surface area contributed by atoms with Crippen LogP contribution in [0, 0.1) is 0 Å². The zero-order valence-corrected chi connectivity index (χ0v) is 10.6. The van der Waals surface area contributed by atoms with E-state index >= 15 is 0 Å². The maximum atomic E-state index is 11.7. The van der Waals surface area contributed by atoms with Gasteiger partial charge in [-0.2, -0.15) is 0 Å². The summed E-state index contributed by atoms with van der Waals surface area (Å²) in [6.07, 6.45) is 1.99. The van der Waals surface area contributed by atoms with Crippen LogP contribution in [0.5, 0.6) is 0 Å². The number of ether oxygens (including phenoxy) is 1. The van der Waals surface area contributed by atoms with Gasteiger partial charge in [0.2, 0.25) is 5.91 Å². The second-order valence-electron chi connectivity index (χ2n) is 4.85. The Morgan fingerprint density at radius 1 is 1.44 bits per heavy atom. The Labute approximate surface area is 108 Å². The summed E-state index contributed by atoms with van der Waals surface area (Å²) >= 11 is 0. The predicted octanol–water partition coefficient (Wildman–Crippen LogP) is 1.02. The highest BCUT2D eigenvalue weighted by Gasteiger charge is 2.32. The molecule has 1 aromatic carbocycles. The zero-order valence-electron chi connectivity index (χ0n) is 10.6. The van der Waals surface area contributed by atoms with Crippen molar-refractivity contribution in [3.63, 3.8) is 0 Å². The summed E-state index contributed by atoms with van der Waals surface area (Å²) in [5.74, 6) is 0.448.